The van der Waals surface area contributed by atoms with Gasteiger partial charge in [-0.2, -0.15) is 5.26 Å². The molecule has 1 aromatic rings. The van der Waals surface area contributed by atoms with E-state index >= 15 is 0 Å². The summed E-state index contributed by atoms with van der Waals surface area (Å²) >= 11 is 0. The minimum atomic E-state index is 0.378. The second kappa shape index (κ2) is 6.22. The summed E-state index contributed by atoms with van der Waals surface area (Å²) in [5.74, 6) is 0.378. The van der Waals surface area contributed by atoms with Crippen LogP contribution in [0.15, 0.2) is 12.3 Å². The lowest BCUT2D eigenvalue weighted by Gasteiger charge is -2.26. The number of nitrogen functional groups attached to an aromatic ring is 1. The molecule has 0 atom stereocenters. The number of ether oxygens (including phenoxy) is 1. The van der Waals surface area contributed by atoms with E-state index in [1.807, 2.05) is 6.07 Å². The number of nitrogens with two attached hydrogens (primary N) is 1. The van der Waals surface area contributed by atoms with Gasteiger partial charge in [-0.25, -0.2) is 4.98 Å². The molecule has 0 aliphatic carbocycles. The van der Waals surface area contributed by atoms with Gasteiger partial charge in [-0.3, -0.25) is 4.90 Å². The van der Waals surface area contributed by atoms with Crippen LogP contribution < -0.4 is 10.5 Å². The summed E-state index contributed by atoms with van der Waals surface area (Å²) in [4.78, 5) is 6.43. The van der Waals surface area contributed by atoms with Crippen molar-refractivity contribution in [3.05, 3.63) is 17.8 Å². The Morgan fingerprint density at radius 3 is 2.89 bits per heavy atom. The van der Waals surface area contributed by atoms with Crippen molar-refractivity contribution < 1.29 is 4.74 Å². The van der Waals surface area contributed by atoms with Crippen LogP contribution in [0.3, 0.4) is 0 Å². The fourth-order valence-electron chi connectivity index (χ4n) is 2.12. The molecule has 1 aliphatic heterocycles. The molecular formula is C13H18N4O. The molecule has 2 heterocycles. The summed E-state index contributed by atoms with van der Waals surface area (Å²) in [6.45, 7) is 3.73. The minimum absolute atomic E-state index is 0.378. The smallest absolute Gasteiger partial charge is 0.231 e. The number of nitrogens with zero attached hydrogens (tertiary/aromatic N) is 3. The number of pyridine rings is 1. The van der Waals surface area contributed by atoms with Gasteiger partial charge >= 0.3 is 0 Å². The molecule has 0 radical (unpaired) electrons. The van der Waals surface area contributed by atoms with Crippen LogP contribution in [-0.2, 0) is 0 Å². The Bertz CT molecular complexity index is 435. The van der Waals surface area contributed by atoms with Crippen LogP contribution in [0.25, 0.3) is 0 Å². The number of rotatable bonds is 4. The van der Waals surface area contributed by atoms with Crippen molar-refractivity contribution in [3.8, 4) is 11.9 Å². The van der Waals surface area contributed by atoms with E-state index in [0.717, 1.165) is 19.6 Å². The lowest BCUT2D eigenvalue weighted by Crippen LogP contribution is -2.33. The minimum Gasteiger partial charge on any atom is -0.475 e. The van der Waals surface area contributed by atoms with Crippen LogP contribution in [0.4, 0.5) is 5.69 Å². The summed E-state index contributed by atoms with van der Waals surface area (Å²) in [6.07, 6.45) is 5.37. The molecule has 1 aromatic heterocycles. The third-order valence-corrected chi connectivity index (χ3v) is 3.09. The monoisotopic (exact) mass is 246 g/mol. The average Bonchev–Trinajstić information content (AvgIpc) is 2.41. The van der Waals surface area contributed by atoms with E-state index in [2.05, 4.69) is 9.88 Å². The second-order valence-electron chi connectivity index (χ2n) is 4.48. The number of piperidine rings is 1. The maximum Gasteiger partial charge on any atom is 0.231 e. The highest BCUT2D eigenvalue weighted by Gasteiger charge is 2.11. The number of nitriles is 1. The van der Waals surface area contributed by atoms with E-state index in [-0.39, 0.29) is 0 Å². The molecule has 1 aliphatic rings. The van der Waals surface area contributed by atoms with Gasteiger partial charge < -0.3 is 10.5 Å². The summed E-state index contributed by atoms with van der Waals surface area (Å²) in [5.41, 5.74) is 6.45. The molecule has 0 amide bonds. The molecule has 2 rings (SSSR count). The van der Waals surface area contributed by atoms with Crippen molar-refractivity contribution in [1.29, 1.82) is 5.26 Å². The Kier molecular flexibility index (Phi) is 4.37. The SMILES string of the molecule is N#Cc1cc(N)cnc1OCCN1CCCCC1. The van der Waals surface area contributed by atoms with Crippen molar-refractivity contribution in [2.75, 3.05) is 32.0 Å². The van der Waals surface area contributed by atoms with Crippen LogP contribution in [-0.4, -0.2) is 36.1 Å². The van der Waals surface area contributed by atoms with E-state index in [4.69, 9.17) is 15.7 Å². The summed E-state index contributed by atoms with van der Waals surface area (Å²) in [6, 6.07) is 3.63. The lowest BCUT2D eigenvalue weighted by molar-refractivity contribution is 0.180. The van der Waals surface area contributed by atoms with E-state index in [1.54, 1.807) is 6.07 Å². The first-order valence-corrected chi connectivity index (χ1v) is 6.30. The molecule has 0 spiro atoms. The highest BCUT2D eigenvalue weighted by Crippen LogP contribution is 2.16. The Labute approximate surface area is 107 Å². The molecule has 2 N–H and O–H groups in total. The van der Waals surface area contributed by atoms with Crippen LogP contribution in [0.2, 0.25) is 0 Å². The highest BCUT2D eigenvalue weighted by molar-refractivity contribution is 5.48. The van der Waals surface area contributed by atoms with Gasteiger partial charge in [0.15, 0.2) is 0 Å². The van der Waals surface area contributed by atoms with Crippen molar-refractivity contribution in [2.45, 2.75) is 19.3 Å². The Morgan fingerprint density at radius 1 is 1.39 bits per heavy atom. The molecule has 1 saturated heterocycles. The van der Waals surface area contributed by atoms with Crippen molar-refractivity contribution in [3.63, 3.8) is 0 Å². The van der Waals surface area contributed by atoms with Crippen LogP contribution in [0.5, 0.6) is 5.88 Å². The van der Waals surface area contributed by atoms with Gasteiger partial charge in [0.05, 0.1) is 11.9 Å². The van der Waals surface area contributed by atoms with E-state index in [0.29, 0.717) is 23.7 Å². The van der Waals surface area contributed by atoms with Gasteiger partial charge in [0.2, 0.25) is 5.88 Å². The summed E-state index contributed by atoms with van der Waals surface area (Å²) < 4.78 is 5.55. The first-order valence-electron chi connectivity index (χ1n) is 6.30. The zero-order valence-electron chi connectivity index (χ0n) is 10.4. The Morgan fingerprint density at radius 2 is 2.17 bits per heavy atom. The average molecular weight is 246 g/mol. The molecule has 0 unspecified atom stereocenters. The van der Waals surface area contributed by atoms with Crippen LogP contribution >= 0.6 is 0 Å². The van der Waals surface area contributed by atoms with Crippen molar-refractivity contribution in [1.82, 2.24) is 9.88 Å². The molecule has 5 nitrogen and oxygen atoms in total. The van der Waals surface area contributed by atoms with Gasteiger partial charge in [0.25, 0.3) is 0 Å². The molecule has 0 aromatic carbocycles. The van der Waals surface area contributed by atoms with Crippen molar-refractivity contribution in [2.24, 2.45) is 0 Å². The third kappa shape index (κ3) is 3.34. The molecule has 96 valence electrons. The number of likely N-dealkylation sites (tertiary alicyclic amines) is 1. The van der Waals surface area contributed by atoms with Crippen LogP contribution in [0.1, 0.15) is 24.8 Å². The molecule has 5 heteroatoms. The Hall–Kier alpha value is -1.80. The second-order valence-corrected chi connectivity index (χ2v) is 4.48. The number of aromatic nitrogens is 1. The first-order chi connectivity index (χ1) is 8.79. The number of hydrogen-bond donors (Lipinski definition) is 1. The van der Waals surface area contributed by atoms with E-state index in [9.17, 15) is 0 Å². The van der Waals surface area contributed by atoms with Crippen molar-refractivity contribution >= 4 is 5.69 Å². The van der Waals surface area contributed by atoms with Gasteiger partial charge in [-0.05, 0) is 32.0 Å². The predicted octanol–water partition coefficient (Wildman–Crippen LogP) is 1.40. The van der Waals surface area contributed by atoms with Gasteiger partial charge in [-0.1, -0.05) is 6.42 Å². The maximum absolute atomic E-state index is 8.95. The largest absolute Gasteiger partial charge is 0.475 e. The predicted molar refractivity (Wildman–Crippen MR) is 69.2 cm³/mol. The lowest BCUT2D eigenvalue weighted by atomic mass is 10.1. The first kappa shape index (κ1) is 12.7. The fraction of sp³-hybridized carbons (Fsp3) is 0.538. The van der Waals surface area contributed by atoms with E-state index < -0.39 is 0 Å². The molecule has 0 saturated carbocycles. The standard InChI is InChI=1S/C13H18N4O/c14-9-11-8-12(15)10-16-13(11)18-7-6-17-4-2-1-3-5-17/h8,10H,1-7,15H2. The summed E-state index contributed by atoms with van der Waals surface area (Å²) in [7, 11) is 0. The molecule has 18 heavy (non-hydrogen) atoms. The highest BCUT2D eigenvalue weighted by atomic mass is 16.5. The van der Waals surface area contributed by atoms with Gasteiger partial charge in [0.1, 0.15) is 18.2 Å². The molecule has 1 fully saturated rings. The quantitative estimate of drug-likeness (QED) is 0.869. The Balaban J connectivity index is 1.84. The zero-order valence-corrected chi connectivity index (χ0v) is 10.4. The fourth-order valence-corrected chi connectivity index (χ4v) is 2.12. The van der Waals surface area contributed by atoms with Gasteiger partial charge in [-0.15, -0.1) is 0 Å². The molecule has 0 bridgehead atoms. The zero-order chi connectivity index (χ0) is 12.8. The number of anilines is 1. The van der Waals surface area contributed by atoms with Crippen LogP contribution in [0, 0.1) is 11.3 Å². The third-order valence-electron chi connectivity index (χ3n) is 3.09. The molecular weight excluding hydrogens is 228 g/mol. The topological polar surface area (TPSA) is 75.2 Å². The maximum atomic E-state index is 8.95. The van der Waals surface area contributed by atoms with E-state index in [1.165, 1.54) is 25.5 Å². The van der Waals surface area contributed by atoms with Gasteiger partial charge in [0, 0.05) is 6.54 Å². The normalized spacial score (nSPS) is 16.2. The number of hydrogen-bond acceptors (Lipinski definition) is 5. The summed E-state index contributed by atoms with van der Waals surface area (Å²) in [5, 5.41) is 8.95.